The predicted molar refractivity (Wildman–Crippen MR) is 64.6 cm³/mol. The Hall–Kier alpha value is -2.12. The fourth-order valence-corrected chi connectivity index (χ4v) is 1.67. The van der Waals surface area contributed by atoms with Gasteiger partial charge in [0.2, 0.25) is 5.82 Å². The monoisotopic (exact) mass is 256 g/mol. The summed E-state index contributed by atoms with van der Waals surface area (Å²) in [7, 11) is 1.60. The van der Waals surface area contributed by atoms with Crippen LogP contribution in [0, 0.1) is 17.0 Å². The molecule has 8 nitrogen and oxygen atoms in total. The molecule has 1 aromatic rings. The minimum atomic E-state index is -0.890. The van der Waals surface area contributed by atoms with Crippen LogP contribution in [0.25, 0.3) is 0 Å². The SMILES string of the molecule is Cc1nn(C)c(NC(C)CCC(=O)O)c1[N+](=O)[O-]. The van der Waals surface area contributed by atoms with Gasteiger partial charge < -0.3 is 10.4 Å². The zero-order valence-electron chi connectivity index (χ0n) is 10.5. The van der Waals surface area contributed by atoms with Crippen LogP contribution in [0.5, 0.6) is 0 Å². The van der Waals surface area contributed by atoms with Crippen molar-refractivity contribution in [3.63, 3.8) is 0 Å². The number of hydrogen-bond acceptors (Lipinski definition) is 5. The van der Waals surface area contributed by atoms with Gasteiger partial charge >= 0.3 is 11.7 Å². The molecule has 1 heterocycles. The normalized spacial score (nSPS) is 12.2. The Balaban J connectivity index is 2.83. The average molecular weight is 256 g/mol. The van der Waals surface area contributed by atoms with Crippen molar-refractivity contribution in [3.05, 3.63) is 15.8 Å². The molecule has 0 radical (unpaired) electrons. The van der Waals surface area contributed by atoms with E-state index < -0.39 is 10.9 Å². The maximum absolute atomic E-state index is 10.9. The summed E-state index contributed by atoms with van der Waals surface area (Å²) in [4.78, 5) is 20.9. The highest BCUT2D eigenvalue weighted by molar-refractivity contribution is 5.67. The third kappa shape index (κ3) is 3.19. The van der Waals surface area contributed by atoms with Gasteiger partial charge in [0.25, 0.3) is 0 Å². The molecule has 0 aliphatic carbocycles. The van der Waals surface area contributed by atoms with Crippen molar-refractivity contribution in [1.29, 1.82) is 0 Å². The van der Waals surface area contributed by atoms with E-state index in [4.69, 9.17) is 5.11 Å². The summed E-state index contributed by atoms with van der Waals surface area (Å²) >= 11 is 0. The predicted octanol–water partition coefficient (Wildman–Crippen LogP) is 1.30. The molecule has 1 aromatic heterocycles. The van der Waals surface area contributed by atoms with Crippen LogP contribution in [0.15, 0.2) is 0 Å². The van der Waals surface area contributed by atoms with E-state index >= 15 is 0 Å². The maximum Gasteiger partial charge on any atom is 0.333 e. The number of nitro groups is 1. The fourth-order valence-electron chi connectivity index (χ4n) is 1.67. The molecule has 0 amide bonds. The molecule has 0 aromatic carbocycles. The molecule has 100 valence electrons. The van der Waals surface area contributed by atoms with Crippen molar-refractivity contribution in [1.82, 2.24) is 9.78 Å². The smallest absolute Gasteiger partial charge is 0.333 e. The number of carbonyl (C=O) groups is 1. The van der Waals surface area contributed by atoms with Gasteiger partial charge in [0.05, 0.1) is 4.92 Å². The summed E-state index contributed by atoms with van der Waals surface area (Å²) in [5.74, 6) is -0.588. The maximum atomic E-state index is 10.9. The number of aryl methyl sites for hydroxylation is 2. The van der Waals surface area contributed by atoms with Gasteiger partial charge in [-0.3, -0.25) is 14.9 Å². The Morgan fingerprint density at radius 1 is 1.67 bits per heavy atom. The van der Waals surface area contributed by atoms with Crippen molar-refractivity contribution in [2.75, 3.05) is 5.32 Å². The van der Waals surface area contributed by atoms with E-state index in [0.29, 0.717) is 17.9 Å². The van der Waals surface area contributed by atoms with E-state index in [1.54, 1.807) is 20.9 Å². The molecule has 0 saturated heterocycles. The lowest BCUT2D eigenvalue weighted by Gasteiger charge is -2.13. The molecule has 0 aliphatic rings. The molecule has 0 saturated carbocycles. The van der Waals surface area contributed by atoms with E-state index in [-0.39, 0.29) is 18.2 Å². The molecule has 0 fully saturated rings. The number of aliphatic carboxylic acids is 1. The lowest BCUT2D eigenvalue weighted by molar-refractivity contribution is -0.384. The van der Waals surface area contributed by atoms with Crippen LogP contribution in [0.4, 0.5) is 11.5 Å². The van der Waals surface area contributed by atoms with Crippen molar-refractivity contribution in [3.8, 4) is 0 Å². The van der Waals surface area contributed by atoms with Gasteiger partial charge in [-0.25, -0.2) is 4.68 Å². The lowest BCUT2D eigenvalue weighted by Crippen LogP contribution is -2.19. The lowest BCUT2D eigenvalue weighted by atomic mass is 10.2. The molecule has 1 unspecified atom stereocenters. The molecule has 0 aliphatic heterocycles. The highest BCUT2D eigenvalue weighted by Crippen LogP contribution is 2.28. The average Bonchev–Trinajstić information content (AvgIpc) is 2.51. The Morgan fingerprint density at radius 3 is 2.78 bits per heavy atom. The summed E-state index contributed by atoms with van der Waals surface area (Å²) in [5.41, 5.74) is 0.259. The number of carboxylic acid groups (broad SMARTS) is 1. The molecule has 1 rings (SSSR count). The molecular formula is C10H16N4O4. The Labute approximate surface area is 104 Å². The van der Waals surface area contributed by atoms with Crippen LogP contribution in [-0.4, -0.2) is 31.8 Å². The first-order valence-corrected chi connectivity index (χ1v) is 5.49. The van der Waals surface area contributed by atoms with Crippen molar-refractivity contribution >= 4 is 17.5 Å². The number of anilines is 1. The summed E-state index contributed by atoms with van der Waals surface area (Å²) in [5, 5.41) is 26.4. The van der Waals surface area contributed by atoms with Crippen molar-refractivity contribution in [2.24, 2.45) is 7.05 Å². The van der Waals surface area contributed by atoms with Gasteiger partial charge in [0.1, 0.15) is 5.69 Å². The van der Waals surface area contributed by atoms with E-state index in [1.165, 1.54) is 4.68 Å². The second kappa shape index (κ2) is 5.48. The first-order chi connectivity index (χ1) is 8.32. The third-order valence-corrected chi connectivity index (χ3v) is 2.55. The van der Waals surface area contributed by atoms with E-state index in [0.717, 1.165) is 0 Å². The standard InChI is InChI=1S/C10H16N4O4/c1-6(4-5-8(15)16)11-10-9(14(17)18)7(2)12-13(10)3/h6,11H,4-5H2,1-3H3,(H,15,16). The van der Waals surface area contributed by atoms with E-state index in [2.05, 4.69) is 10.4 Å². The molecule has 18 heavy (non-hydrogen) atoms. The highest BCUT2D eigenvalue weighted by Gasteiger charge is 2.24. The van der Waals surface area contributed by atoms with Gasteiger partial charge in [-0.1, -0.05) is 0 Å². The van der Waals surface area contributed by atoms with Crippen LogP contribution in [0.3, 0.4) is 0 Å². The van der Waals surface area contributed by atoms with Gasteiger partial charge in [-0.05, 0) is 20.3 Å². The molecule has 2 N–H and O–H groups in total. The van der Waals surface area contributed by atoms with Gasteiger partial charge in [0, 0.05) is 19.5 Å². The van der Waals surface area contributed by atoms with E-state index in [9.17, 15) is 14.9 Å². The zero-order valence-corrected chi connectivity index (χ0v) is 10.5. The van der Waals surface area contributed by atoms with E-state index in [1.807, 2.05) is 0 Å². The number of rotatable bonds is 6. The first-order valence-electron chi connectivity index (χ1n) is 5.49. The number of nitrogens with one attached hydrogen (secondary N) is 1. The fraction of sp³-hybridized carbons (Fsp3) is 0.600. The molecular weight excluding hydrogens is 240 g/mol. The van der Waals surface area contributed by atoms with Gasteiger partial charge in [-0.2, -0.15) is 5.10 Å². The Morgan fingerprint density at radius 2 is 2.28 bits per heavy atom. The first kappa shape index (κ1) is 13.9. The summed E-state index contributed by atoms with van der Waals surface area (Å²) in [6.45, 7) is 3.33. The molecule has 8 heteroatoms. The topological polar surface area (TPSA) is 110 Å². The summed E-state index contributed by atoms with van der Waals surface area (Å²) < 4.78 is 1.39. The van der Waals surface area contributed by atoms with Crippen molar-refractivity contribution in [2.45, 2.75) is 32.7 Å². The van der Waals surface area contributed by atoms with Crippen LogP contribution in [-0.2, 0) is 11.8 Å². The largest absolute Gasteiger partial charge is 0.481 e. The number of hydrogen-bond donors (Lipinski definition) is 2. The number of carboxylic acids is 1. The van der Waals surface area contributed by atoms with Crippen LogP contribution in [0.2, 0.25) is 0 Å². The second-order valence-corrected chi connectivity index (χ2v) is 4.14. The Bertz CT molecular complexity index is 469. The van der Waals surface area contributed by atoms with Crippen molar-refractivity contribution < 1.29 is 14.8 Å². The summed E-state index contributed by atoms with van der Waals surface area (Å²) in [6, 6.07) is -0.186. The second-order valence-electron chi connectivity index (χ2n) is 4.14. The van der Waals surface area contributed by atoms with Gasteiger partial charge in [0.15, 0.2) is 0 Å². The van der Waals surface area contributed by atoms with Crippen LogP contribution < -0.4 is 5.32 Å². The zero-order chi connectivity index (χ0) is 13.9. The third-order valence-electron chi connectivity index (χ3n) is 2.55. The van der Waals surface area contributed by atoms with Crippen LogP contribution >= 0.6 is 0 Å². The highest BCUT2D eigenvalue weighted by atomic mass is 16.6. The molecule has 0 spiro atoms. The minimum absolute atomic E-state index is 0.0127. The molecule has 1 atom stereocenters. The number of aromatic nitrogens is 2. The quantitative estimate of drug-likeness (QED) is 0.586. The minimum Gasteiger partial charge on any atom is -0.481 e. The number of nitrogens with zero attached hydrogens (tertiary/aromatic N) is 3. The summed E-state index contributed by atoms with van der Waals surface area (Å²) in [6.07, 6.45) is 0.398. The van der Waals surface area contributed by atoms with Crippen LogP contribution in [0.1, 0.15) is 25.5 Å². The molecule has 0 bridgehead atoms. The van der Waals surface area contributed by atoms with Gasteiger partial charge in [-0.15, -0.1) is 0 Å². The Kier molecular flexibility index (Phi) is 4.24.